The van der Waals surface area contributed by atoms with E-state index in [0.29, 0.717) is 23.0 Å². The number of aryl methyl sites for hydroxylation is 1. The Hall–Kier alpha value is -3.40. The Kier molecular flexibility index (Phi) is 6.68. The molecule has 1 aliphatic rings. The lowest BCUT2D eigenvalue weighted by Gasteiger charge is -2.22. The van der Waals surface area contributed by atoms with Crippen molar-refractivity contribution >= 4 is 40.1 Å². The van der Waals surface area contributed by atoms with Crippen LogP contribution in [-0.2, 0) is 16.1 Å². The monoisotopic (exact) mass is 428 g/mol. The van der Waals surface area contributed by atoms with E-state index in [0.717, 1.165) is 11.3 Å². The molecule has 30 heavy (non-hydrogen) atoms. The maximum Gasteiger partial charge on any atom is 0.269 e. The number of amides is 2. The van der Waals surface area contributed by atoms with E-state index < -0.39 is 10.2 Å². The van der Waals surface area contributed by atoms with Crippen LogP contribution in [0.1, 0.15) is 17.5 Å². The molecule has 1 saturated heterocycles. The van der Waals surface area contributed by atoms with Crippen molar-refractivity contribution in [1.82, 2.24) is 5.32 Å². The van der Waals surface area contributed by atoms with Gasteiger partial charge in [-0.15, -0.1) is 0 Å². The van der Waals surface area contributed by atoms with E-state index in [2.05, 4.69) is 15.6 Å². The quantitative estimate of drug-likeness (QED) is 0.539. The second-order valence-electron chi connectivity index (χ2n) is 6.57. The fraction of sp³-hybridized carbons (Fsp3) is 0.250. The molecule has 1 heterocycles. The van der Waals surface area contributed by atoms with Crippen molar-refractivity contribution in [2.24, 2.45) is 4.99 Å². The molecule has 2 amide bonds. The number of amidine groups is 1. The van der Waals surface area contributed by atoms with Crippen molar-refractivity contribution < 1.29 is 19.2 Å². The Bertz CT molecular complexity index is 1010. The van der Waals surface area contributed by atoms with Crippen LogP contribution >= 0.6 is 11.8 Å². The molecule has 3 rings (SSSR count). The van der Waals surface area contributed by atoms with Crippen LogP contribution in [0.15, 0.2) is 47.5 Å². The smallest absolute Gasteiger partial charge is 0.269 e. The summed E-state index contributed by atoms with van der Waals surface area (Å²) in [6.45, 7) is 2.02. The van der Waals surface area contributed by atoms with Gasteiger partial charge in [0.1, 0.15) is 11.0 Å². The molecule has 1 aliphatic heterocycles. The van der Waals surface area contributed by atoms with Crippen LogP contribution in [0.4, 0.5) is 11.4 Å². The number of benzene rings is 2. The lowest BCUT2D eigenvalue weighted by molar-refractivity contribution is -0.384. The molecule has 1 fully saturated rings. The highest BCUT2D eigenvalue weighted by Crippen LogP contribution is 2.25. The molecule has 10 heteroatoms. The fourth-order valence-electron chi connectivity index (χ4n) is 2.78. The predicted octanol–water partition coefficient (Wildman–Crippen LogP) is 3.03. The molecule has 0 spiro atoms. The number of ether oxygens (including phenoxy) is 1. The zero-order valence-electron chi connectivity index (χ0n) is 16.4. The van der Waals surface area contributed by atoms with Gasteiger partial charge in [0, 0.05) is 24.2 Å². The largest absolute Gasteiger partial charge is 0.497 e. The molecular formula is C20H20N4O5S. The van der Waals surface area contributed by atoms with Crippen LogP contribution in [0.2, 0.25) is 0 Å². The fourth-order valence-corrected chi connectivity index (χ4v) is 3.76. The van der Waals surface area contributed by atoms with Gasteiger partial charge in [-0.05, 0) is 36.2 Å². The Morgan fingerprint density at radius 3 is 2.70 bits per heavy atom. The zero-order chi connectivity index (χ0) is 21.7. The zero-order valence-corrected chi connectivity index (χ0v) is 17.2. The second-order valence-corrected chi connectivity index (χ2v) is 7.77. The summed E-state index contributed by atoms with van der Waals surface area (Å²) in [5, 5.41) is 16.0. The van der Waals surface area contributed by atoms with Crippen LogP contribution in [0.5, 0.6) is 5.75 Å². The highest BCUT2D eigenvalue weighted by atomic mass is 32.2. The third-order valence-corrected chi connectivity index (χ3v) is 5.53. The molecule has 0 aliphatic carbocycles. The van der Waals surface area contributed by atoms with Gasteiger partial charge >= 0.3 is 0 Å². The van der Waals surface area contributed by atoms with Crippen molar-refractivity contribution in [3.8, 4) is 5.75 Å². The van der Waals surface area contributed by atoms with E-state index >= 15 is 0 Å². The third-order valence-electron chi connectivity index (χ3n) is 4.41. The van der Waals surface area contributed by atoms with E-state index in [1.807, 2.05) is 24.3 Å². The molecule has 156 valence electrons. The molecule has 0 radical (unpaired) electrons. The first kappa shape index (κ1) is 21.3. The van der Waals surface area contributed by atoms with Crippen molar-refractivity contribution in [3.05, 3.63) is 63.7 Å². The van der Waals surface area contributed by atoms with Crippen molar-refractivity contribution in [1.29, 1.82) is 0 Å². The first-order valence-corrected chi connectivity index (χ1v) is 9.93. The van der Waals surface area contributed by atoms with Crippen molar-refractivity contribution in [2.45, 2.75) is 25.1 Å². The number of hydrogen-bond acceptors (Lipinski definition) is 7. The Morgan fingerprint density at radius 2 is 2.07 bits per heavy atom. The van der Waals surface area contributed by atoms with Gasteiger partial charge in [0.05, 0.1) is 18.6 Å². The number of nitrogens with one attached hydrogen (secondary N) is 2. The molecule has 2 N–H and O–H groups in total. The SMILES string of the molecule is COc1ccc(CN=C2NC(=O)CC(C(=O)Nc3ccc([N+](=O)[O-])cc3C)S2)cc1. The summed E-state index contributed by atoms with van der Waals surface area (Å²) >= 11 is 1.18. The molecule has 1 atom stereocenters. The van der Waals surface area contributed by atoms with E-state index in [4.69, 9.17) is 4.74 Å². The molecule has 9 nitrogen and oxygen atoms in total. The van der Waals surface area contributed by atoms with Crippen LogP contribution in [-0.4, -0.2) is 34.3 Å². The summed E-state index contributed by atoms with van der Waals surface area (Å²) in [6.07, 6.45) is 0.0179. The van der Waals surface area contributed by atoms with Gasteiger partial charge in [-0.25, -0.2) is 0 Å². The molecule has 1 unspecified atom stereocenters. The topological polar surface area (TPSA) is 123 Å². The lowest BCUT2D eigenvalue weighted by Crippen LogP contribution is -2.42. The molecule has 0 saturated carbocycles. The summed E-state index contributed by atoms with van der Waals surface area (Å²) < 4.78 is 5.12. The van der Waals surface area contributed by atoms with Crippen LogP contribution in [0.25, 0.3) is 0 Å². The molecule has 0 aromatic heterocycles. The van der Waals surface area contributed by atoms with Crippen molar-refractivity contribution in [2.75, 3.05) is 12.4 Å². The molecule has 2 aromatic rings. The summed E-state index contributed by atoms with van der Waals surface area (Å²) in [6, 6.07) is 11.6. The van der Waals surface area contributed by atoms with E-state index in [9.17, 15) is 19.7 Å². The minimum Gasteiger partial charge on any atom is -0.497 e. The number of non-ortho nitro benzene ring substituents is 1. The highest BCUT2D eigenvalue weighted by Gasteiger charge is 2.30. The standard InChI is InChI=1S/C20H20N4O5S/c1-12-9-14(24(27)28)5-8-16(12)22-19(26)17-10-18(25)23-20(30-17)21-11-13-3-6-15(29-2)7-4-13/h3-9,17H,10-11H2,1-2H3,(H,22,26)(H,21,23,25). The number of anilines is 1. The van der Waals surface area contributed by atoms with Crippen molar-refractivity contribution in [3.63, 3.8) is 0 Å². The number of aliphatic imine (C=N–C) groups is 1. The summed E-state index contributed by atoms with van der Waals surface area (Å²) in [4.78, 5) is 39.5. The Balaban J connectivity index is 1.66. The maximum atomic E-state index is 12.7. The number of nitro groups is 1. The Labute approximate surface area is 177 Å². The van der Waals surface area contributed by atoms with Crippen LogP contribution in [0, 0.1) is 17.0 Å². The van der Waals surface area contributed by atoms with Gasteiger partial charge in [-0.1, -0.05) is 23.9 Å². The molecule has 0 bridgehead atoms. The minimum atomic E-state index is -0.650. The average molecular weight is 428 g/mol. The van der Waals surface area contributed by atoms with Gasteiger partial charge in [-0.3, -0.25) is 24.7 Å². The first-order valence-electron chi connectivity index (χ1n) is 9.05. The number of methoxy groups -OCH3 is 1. The predicted molar refractivity (Wildman–Crippen MR) is 115 cm³/mol. The minimum absolute atomic E-state index is 0.0179. The Morgan fingerprint density at radius 1 is 1.33 bits per heavy atom. The van der Waals surface area contributed by atoms with Crippen LogP contribution in [0.3, 0.4) is 0 Å². The first-order chi connectivity index (χ1) is 14.4. The number of nitrogens with zero attached hydrogens (tertiary/aromatic N) is 2. The second kappa shape index (κ2) is 9.40. The third kappa shape index (κ3) is 5.35. The van der Waals surface area contributed by atoms with Gasteiger partial charge in [-0.2, -0.15) is 0 Å². The number of thioether (sulfide) groups is 1. The number of hydrogen-bond donors (Lipinski definition) is 2. The highest BCUT2D eigenvalue weighted by molar-refractivity contribution is 8.15. The number of carbonyl (C=O) groups is 2. The van der Waals surface area contributed by atoms with Gasteiger partial charge in [0.25, 0.3) is 5.69 Å². The summed E-state index contributed by atoms with van der Waals surface area (Å²) in [5.74, 6) is 0.0942. The average Bonchev–Trinajstić information content (AvgIpc) is 2.73. The van der Waals surface area contributed by atoms with Gasteiger partial charge < -0.3 is 15.4 Å². The summed E-state index contributed by atoms with van der Waals surface area (Å²) in [5.41, 5.74) is 1.92. The normalized spacial score (nSPS) is 17.3. The molecular weight excluding hydrogens is 408 g/mol. The number of rotatable bonds is 6. The number of carbonyl (C=O) groups excluding carboxylic acids is 2. The number of nitro benzene ring substituents is 1. The van der Waals surface area contributed by atoms with Crippen LogP contribution < -0.4 is 15.4 Å². The molecule has 2 aromatic carbocycles. The van der Waals surface area contributed by atoms with E-state index in [1.165, 1.54) is 30.0 Å². The van der Waals surface area contributed by atoms with Gasteiger partial charge in [0.2, 0.25) is 11.8 Å². The van der Waals surface area contributed by atoms with E-state index in [1.54, 1.807) is 14.0 Å². The van der Waals surface area contributed by atoms with Gasteiger partial charge in [0.15, 0.2) is 5.17 Å². The summed E-state index contributed by atoms with van der Waals surface area (Å²) in [7, 11) is 1.59. The maximum absolute atomic E-state index is 12.7. The lowest BCUT2D eigenvalue weighted by atomic mass is 10.1. The van der Waals surface area contributed by atoms with E-state index in [-0.39, 0.29) is 23.9 Å².